The van der Waals surface area contributed by atoms with Crippen LogP contribution < -0.4 is 31.9 Å². The number of carbonyl (C=O) groups excluding carboxylic acids is 6. The predicted octanol–water partition coefficient (Wildman–Crippen LogP) is -19.8. The fourth-order valence-corrected chi connectivity index (χ4v) is 15.2. The molecule has 52 heteroatoms. The third-order valence-electron chi connectivity index (χ3n) is 21.1. The third-order valence-corrected chi connectivity index (χ3v) is 21.1. The van der Waals surface area contributed by atoms with E-state index in [0.29, 0.717) is 0 Å². The van der Waals surface area contributed by atoms with Crippen LogP contribution in [-0.2, 0) is 109 Å². The van der Waals surface area contributed by atoms with Crippen molar-refractivity contribution >= 4 is 35.4 Å². The van der Waals surface area contributed by atoms with Gasteiger partial charge in [-0.15, -0.1) is 0 Å². The molecule has 9 aliphatic rings. The Hall–Kier alpha value is -4.78. The fraction of sp³-hybridized carbons (Fsp3) is 0.909. The van der Waals surface area contributed by atoms with E-state index in [1.165, 1.54) is 0 Å². The first kappa shape index (κ1) is 97.0. The summed E-state index contributed by atoms with van der Waals surface area (Å²) in [6.45, 7) is -3.89. The van der Waals surface area contributed by atoms with Crippen molar-refractivity contribution in [2.24, 2.45) is 0 Å². The number of aliphatic hydroxyl groups is 23. The molecular formula is C66H110N6O46. The first-order valence-corrected chi connectivity index (χ1v) is 37.6. The number of nitrogens with one attached hydrogen (secondary N) is 6. The number of hydrogen-bond acceptors (Lipinski definition) is 46. The van der Waals surface area contributed by atoms with Crippen LogP contribution in [0, 0.1) is 0 Å². The van der Waals surface area contributed by atoms with Gasteiger partial charge in [-0.3, -0.25) is 28.8 Å². The minimum Gasteiger partial charge on any atom is -0.394 e. The van der Waals surface area contributed by atoms with Gasteiger partial charge in [0.05, 0.1) is 59.5 Å². The first-order chi connectivity index (χ1) is 55.8. The molecule has 680 valence electrons. The Morgan fingerprint density at radius 3 is 0.831 bits per heavy atom. The Balaban J connectivity index is 1.09. The summed E-state index contributed by atoms with van der Waals surface area (Å²) in [6, 6.07) is -10.7. The van der Waals surface area contributed by atoms with E-state index in [4.69, 9.17) is 80.5 Å². The maximum absolute atomic E-state index is 13.1. The van der Waals surface area contributed by atoms with Crippen LogP contribution in [0.15, 0.2) is 0 Å². The summed E-state index contributed by atoms with van der Waals surface area (Å²) in [4.78, 5) is 75.8. The molecule has 0 aromatic heterocycles. The van der Waals surface area contributed by atoms with E-state index in [0.717, 1.165) is 41.5 Å². The molecule has 0 aromatic rings. The van der Waals surface area contributed by atoms with Crippen LogP contribution in [0.4, 0.5) is 0 Å². The topological polar surface area (TPSA) is 797 Å². The molecule has 0 bridgehead atoms. The lowest BCUT2D eigenvalue weighted by Gasteiger charge is -2.51. The highest BCUT2D eigenvalue weighted by Gasteiger charge is 2.61. The van der Waals surface area contributed by atoms with Gasteiger partial charge in [-0.25, -0.2) is 0 Å². The van der Waals surface area contributed by atoms with Gasteiger partial charge in [-0.1, -0.05) is 0 Å². The quantitative estimate of drug-likeness (QED) is 0.0306. The van der Waals surface area contributed by atoms with Gasteiger partial charge in [-0.05, 0) is 0 Å². The second-order valence-electron chi connectivity index (χ2n) is 29.7. The molecule has 9 rings (SSSR count). The van der Waals surface area contributed by atoms with Crippen molar-refractivity contribution in [3.63, 3.8) is 0 Å². The SMILES string of the molecule is CC(=O)N[C@@H]1[C@H](O[C@@H]2[C@@H](O[C@@H]3[C@H](O)[C@H](O[C@H]4[C@H](O)[C@@H](NC(C)=O)[C@H](O[C@H]5[C@H](O)[C@@H](NC(C)=O)C(O)O[C@@H]5CO)O[C@@H]4CO)O[C@H](CO[C@H]4O[C@H](CO[C@@H]5O[C@H](CO)[C@@H](O)[C@H](O)[C@H]5NC(C)=O)[C@@H](O)[C@H](O)[C@@H]4O[C@@H]4O[C@H](CO)[C@@H](O)[C@H](O)[C@H]4NC(C)=O)[C@H]3O)O[C@H](CO)[C@@H](O)[C@@H]2O)O[C@H](CO)[C@@H](O[C@@H]2O[C@H](CO)[C@H](O)[C@H](O)[C@H]2NC(C)=O)[C@@H]1O. The second kappa shape index (κ2) is 42.7. The molecule has 0 radical (unpaired) electrons. The van der Waals surface area contributed by atoms with E-state index in [2.05, 4.69) is 31.9 Å². The number of amides is 6. The van der Waals surface area contributed by atoms with E-state index >= 15 is 0 Å². The van der Waals surface area contributed by atoms with Gasteiger partial charge in [0, 0.05) is 41.5 Å². The monoisotopic (exact) mass is 1720 g/mol. The molecular weight excluding hydrogens is 1610 g/mol. The van der Waals surface area contributed by atoms with Gasteiger partial charge >= 0.3 is 0 Å². The van der Waals surface area contributed by atoms with Crippen LogP contribution in [0.5, 0.6) is 0 Å². The fourth-order valence-electron chi connectivity index (χ4n) is 15.2. The van der Waals surface area contributed by atoms with E-state index in [1.807, 2.05) is 0 Å². The van der Waals surface area contributed by atoms with Crippen LogP contribution in [0.3, 0.4) is 0 Å². The first-order valence-electron chi connectivity index (χ1n) is 37.6. The molecule has 9 saturated heterocycles. The average Bonchev–Trinajstić information content (AvgIpc) is 0.765. The van der Waals surface area contributed by atoms with Gasteiger partial charge in [0.2, 0.25) is 35.4 Å². The minimum atomic E-state index is -2.61. The standard InChI is InChI=1S/C66H110N6O46/c1-16(80)67-31-46(95)52(26(11-77)104-58(31)101)113-62-35(71-20(5)84)48(97)54(28(13-79)109-62)115-64-51(100)55(116-66-57(49(98)40(89)25(10-76)108-66)118-63-36(72-21(6)85)47(96)53(27(12-78)110-63)114-60-33(69-18(3)82)44(93)38(87)23(8-74)106-60)42(91)30(111-64)15-103-65-56(117-61-34(70-19(4)83)45(94)39(88)24(9-75)107-61)50(99)41(90)29(112-65)14-102-59-32(68-17(2)81)43(92)37(86)22(7-73)105-59/h22-66,73-79,86-101H,7-15H2,1-6H3,(H,67,80)(H,68,81)(H,69,82)(H,70,83)(H,71,84)(H,72,85)/t22-,23-,24-,25-,26-,27-,28-,29-,30-,31-,32-,33-,34-,35-,36+,37-,38+,39-,40-,41-,42-,43-,44-,45-,46-,47-,48-,49+,50+,51+,52-,53-,54-,55+,56+,57+,58?,59-,60+,61+,62+,63+,64+,65+,66-/m1/s1. The van der Waals surface area contributed by atoms with Gasteiger partial charge < -0.3 is 230 Å². The molecule has 52 nitrogen and oxygen atoms in total. The molecule has 6 amide bonds. The van der Waals surface area contributed by atoms with Crippen LogP contribution in [0.25, 0.3) is 0 Å². The zero-order chi connectivity index (χ0) is 87.1. The lowest BCUT2D eigenvalue weighted by molar-refractivity contribution is -0.398. The minimum absolute atomic E-state index is 0.796. The largest absolute Gasteiger partial charge is 0.394 e. The lowest BCUT2D eigenvalue weighted by Crippen LogP contribution is -2.71. The summed E-state index contributed by atoms with van der Waals surface area (Å²) in [5, 5.41) is 273. The van der Waals surface area contributed by atoms with E-state index < -0.39 is 371 Å². The maximum atomic E-state index is 13.1. The van der Waals surface area contributed by atoms with E-state index in [-0.39, 0.29) is 0 Å². The molecule has 9 fully saturated rings. The number of aliphatic hydroxyl groups excluding tert-OH is 23. The van der Waals surface area contributed by atoms with E-state index in [1.54, 1.807) is 0 Å². The molecule has 118 heavy (non-hydrogen) atoms. The van der Waals surface area contributed by atoms with E-state index in [9.17, 15) is 146 Å². The number of hydrogen-bond donors (Lipinski definition) is 29. The molecule has 1 unspecified atom stereocenters. The van der Waals surface area contributed by atoms with Crippen molar-refractivity contribution in [3.8, 4) is 0 Å². The molecule has 0 aromatic carbocycles. The van der Waals surface area contributed by atoms with Gasteiger partial charge in [0.15, 0.2) is 56.6 Å². The summed E-state index contributed by atoms with van der Waals surface area (Å²) in [5.41, 5.74) is 0. The highest BCUT2D eigenvalue weighted by Crippen LogP contribution is 2.40. The summed E-state index contributed by atoms with van der Waals surface area (Å²) in [6.07, 6.45) is -81.3. The third kappa shape index (κ3) is 22.1. The summed E-state index contributed by atoms with van der Waals surface area (Å²) < 4.78 is 102. The summed E-state index contributed by atoms with van der Waals surface area (Å²) in [5.74, 6) is -5.23. The molecule has 0 saturated carbocycles. The molecule has 0 spiro atoms. The van der Waals surface area contributed by atoms with Crippen LogP contribution >= 0.6 is 0 Å². The van der Waals surface area contributed by atoms with Crippen molar-refractivity contribution in [2.75, 3.05) is 59.5 Å². The van der Waals surface area contributed by atoms with Gasteiger partial charge in [0.1, 0.15) is 219 Å². The Kier molecular flexibility index (Phi) is 35.1. The molecule has 9 aliphatic heterocycles. The van der Waals surface area contributed by atoms with Crippen molar-refractivity contribution in [1.29, 1.82) is 0 Å². The Morgan fingerprint density at radius 2 is 0.458 bits per heavy atom. The lowest BCUT2D eigenvalue weighted by atomic mass is 9.93. The second-order valence-corrected chi connectivity index (χ2v) is 29.7. The van der Waals surface area contributed by atoms with Crippen molar-refractivity contribution < 1.29 is 227 Å². The number of rotatable bonds is 31. The van der Waals surface area contributed by atoms with Crippen LogP contribution in [0.2, 0.25) is 0 Å². The van der Waals surface area contributed by atoms with Crippen LogP contribution in [0.1, 0.15) is 41.5 Å². The van der Waals surface area contributed by atoms with Crippen molar-refractivity contribution in [3.05, 3.63) is 0 Å². The summed E-state index contributed by atoms with van der Waals surface area (Å²) >= 11 is 0. The van der Waals surface area contributed by atoms with Crippen molar-refractivity contribution in [2.45, 2.75) is 318 Å². The normalized spacial score (nSPS) is 46.9. The molecule has 29 N–H and O–H groups in total. The summed E-state index contributed by atoms with van der Waals surface area (Å²) in [7, 11) is 0. The molecule has 0 aliphatic carbocycles. The highest BCUT2D eigenvalue weighted by molar-refractivity contribution is 5.75. The maximum Gasteiger partial charge on any atom is 0.217 e. The predicted molar refractivity (Wildman–Crippen MR) is 367 cm³/mol. The average molecular weight is 1720 g/mol. The van der Waals surface area contributed by atoms with Crippen molar-refractivity contribution in [1.82, 2.24) is 31.9 Å². The highest BCUT2D eigenvalue weighted by atomic mass is 16.8. The van der Waals surface area contributed by atoms with Gasteiger partial charge in [-0.2, -0.15) is 0 Å². The number of carbonyl (C=O) groups is 6. The number of ether oxygens (including phenoxy) is 17. The Bertz CT molecular complexity index is 3230. The zero-order valence-electron chi connectivity index (χ0n) is 64.0. The Morgan fingerprint density at radius 1 is 0.220 bits per heavy atom. The molecule has 45 atom stereocenters. The van der Waals surface area contributed by atoms with Crippen LogP contribution in [-0.4, -0.2) is 488 Å². The molecule has 9 heterocycles. The van der Waals surface area contributed by atoms with Gasteiger partial charge in [0.25, 0.3) is 0 Å². The smallest absolute Gasteiger partial charge is 0.217 e. The Labute approximate surface area is 669 Å². The zero-order valence-corrected chi connectivity index (χ0v) is 64.0.